The van der Waals surface area contributed by atoms with Crippen LogP contribution in [0.2, 0.25) is 10.0 Å². The Labute approximate surface area is 206 Å². The molecule has 12 heteroatoms. The highest BCUT2D eigenvalue weighted by molar-refractivity contribution is 6.37. The van der Waals surface area contributed by atoms with Gasteiger partial charge in [-0.3, -0.25) is 9.78 Å². The van der Waals surface area contributed by atoms with Gasteiger partial charge in [-0.2, -0.15) is 18.2 Å². The predicted octanol–water partition coefficient (Wildman–Crippen LogP) is 5.68. The fourth-order valence-electron chi connectivity index (χ4n) is 3.10. The van der Waals surface area contributed by atoms with E-state index in [2.05, 4.69) is 20.4 Å². The fraction of sp³-hybridized carbons (Fsp3) is 0.130. The molecule has 2 aromatic heterocycles. The summed E-state index contributed by atoms with van der Waals surface area (Å²) in [6.45, 7) is 0.153. The summed E-state index contributed by atoms with van der Waals surface area (Å²) in [4.78, 5) is 20.3. The third kappa shape index (κ3) is 5.90. The van der Waals surface area contributed by atoms with Gasteiger partial charge in [0.05, 0.1) is 21.3 Å². The smallest absolute Gasteiger partial charge is 0.417 e. The van der Waals surface area contributed by atoms with Crippen molar-refractivity contribution in [2.75, 3.05) is 0 Å². The van der Waals surface area contributed by atoms with Gasteiger partial charge in [-0.15, -0.1) is 0 Å². The molecule has 0 unspecified atom stereocenters. The van der Waals surface area contributed by atoms with Crippen molar-refractivity contribution >= 4 is 29.1 Å². The van der Waals surface area contributed by atoms with Crippen molar-refractivity contribution in [3.63, 3.8) is 0 Å². The highest BCUT2D eigenvalue weighted by Gasteiger charge is 2.30. The first-order valence-corrected chi connectivity index (χ1v) is 10.8. The number of halogens is 5. The number of alkyl halides is 3. The average molecular weight is 523 g/mol. The first kappa shape index (κ1) is 24.5. The Balaban J connectivity index is 1.35. The van der Waals surface area contributed by atoms with Crippen LogP contribution in [0.3, 0.4) is 0 Å². The van der Waals surface area contributed by atoms with Crippen molar-refractivity contribution in [3.05, 3.63) is 93.2 Å². The third-order valence-corrected chi connectivity index (χ3v) is 5.47. The van der Waals surface area contributed by atoms with Crippen LogP contribution in [-0.2, 0) is 19.1 Å². The molecule has 2 heterocycles. The van der Waals surface area contributed by atoms with E-state index in [1.54, 1.807) is 24.3 Å². The number of aromatic hydroxyl groups is 1. The molecular formula is C23H15Cl2F3N4O3. The lowest BCUT2D eigenvalue weighted by atomic mass is 10.1. The third-order valence-electron chi connectivity index (χ3n) is 4.89. The second kappa shape index (κ2) is 9.93. The number of nitrogens with one attached hydrogen (secondary N) is 1. The molecule has 2 aromatic carbocycles. The maximum Gasteiger partial charge on any atom is 0.417 e. The van der Waals surface area contributed by atoms with E-state index in [1.807, 2.05) is 0 Å². The summed E-state index contributed by atoms with van der Waals surface area (Å²) < 4.78 is 43.1. The molecule has 0 radical (unpaired) electrons. The maximum atomic E-state index is 12.7. The summed E-state index contributed by atoms with van der Waals surface area (Å²) in [5.41, 5.74) is 1.56. The molecule has 0 saturated heterocycles. The number of phenolic OH excluding ortho intramolecular Hbond substituents is 1. The summed E-state index contributed by atoms with van der Waals surface area (Å²) in [6.07, 6.45) is -3.48. The van der Waals surface area contributed by atoms with E-state index < -0.39 is 17.6 Å². The van der Waals surface area contributed by atoms with Crippen molar-refractivity contribution in [1.29, 1.82) is 0 Å². The minimum absolute atomic E-state index is 0.0779. The van der Waals surface area contributed by atoms with Crippen LogP contribution in [0.25, 0.3) is 11.3 Å². The first-order chi connectivity index (χ1) is 16.6. The Morgan fingerprint density at radius 3 is 2.31 bits per heavy atom. The largest absolute Gasteiger partial charge is 0.505 e. The highest BCUT2D eigenvalue weighted by Crippen LogP contribution is 2.33. The fourth-order valence-corrected chi connectivity index (χ4v) is 3.64. The number of aromatic nitrogens is 3. The van der Waals surface area contributed by atoms with Gasteiger partial charge in [0, 0.05) is 24.7 Å². The summed E-state index contributed by atoms with van der Waals surface area (Å²) >= 11 is 11.8. The summed E-state index contributed by atoms with van der Waals surface area (Å²) in [5.74, 6) is -0.823. The lowest BCUT2D eigenvalue weighted by Crippen LogP contribution is -2.23. The molecule has 0 aliphatic heterocycles. The summed E-state index contributed by atoms with van der Waals surface area (Å²) in [6, 6.07) is 12.1. The zero-order valence-electron chi connectivity index (χ0n) is 17.6. The van der Waals surface area contributed by atoms with E-state index in [0.29, 0.717) is 16.8 Å². The second-order valence-electron chi connectivity index (χ2n) is 7.41. The van der Waals surface area contributed by atoms with Gasteiger partial charge >= 0.3 is 18.0 Å². The van der Waals surface area contributed by atoms with Crippen molar-refractivity contribution < 1.29 is 27.6 Å². The molecule has 0 aliphatic rings. The van der Waals surface area contributed by atoms with Crippen molar-refractivity contribution in [3.8, 4) is 17.0 Å². The molecule has 4 aromatic rings. The molecule has 0 fully saturated rings. The van der Waals surface area contributed by atoms with Crippen molar-refractivity contribution in [2.24, 2.45) is 0 Å². The molecular weight excluding hydrogens is 508 g/mol. The Hall–Kier alpha value is -3.63. The summed E-state index contributed by atoms with van der Waals surface area (Å²) in [7, 11) is 0. The van der Waals surface area contributed by atoms with Crippen LogP contribution in [0.5, 0.6) is 5.75 Å². The number of amides is 1. The zero-order valence-corrected chi connectivity index (χ0v) is 19.1. The van der Waals surface area contributed by atoms with Crippen LogP contribution in [0.15, 0.2) is 59.3 Å². The van der Waals surface area contributed by atoms with Crippen LogP contribution in [0, 0.1) is 0 Å². The second-order valence-corrected chi connectivity index (χ2v) is 8.22. The number of hydrogen-bond donors (Lipinski definition) is 2. The number of rotatable bonds is 6. The van der Waals surface area contributed by atoms with Gasteiger partial charge in [-0.25, -0.2) is 0 Å². The lowest BCUT2D eigenvalue weighted by molar-refractivity contribution is -0.137. The van der Waals surface area contributed by atoms with E-state index in [1.165, 1.54) is 18.2 Å². The van der Waals surface area contributed by atoms with Gasteiger partial charge in [0.25, 0.3) is 0 Å². The minimum Gasteiger partial charge on any atom is -0.505 e. The van der Waals surface area contributed by atoms with Gasteiger partial charge in [-0.1, -0.05) is 52.6 Å². The number of hydrogen-bond acceptors (Lipinski definition) is 6. The predicted molar refractivity (Wildman–Crippen MR) is 121 cm³/mol. The topological polar surface area (TPSA) is 101 Å². The van der Waals surface area contributed by atoms with E-state index in [4.69, 9.17) is 27.7 Å². The molecule has 0 atom stereocenters. The standard InChI is InChI=1S/C23H15Cl2F3N4O3/c24-16-7-13(8-17(25)20(16)33)9-19-31-22(35-32-19)21(34)30-10-12-1-3-14(4-2-12)18-6-5-15(11-29-18)23(26,27)28/h1-8,11,33H,9-10H2,(H,30,34). The Kier molecular flexibility index (Phi) is 6.95. The molecule has 0 bridgehead atoms. The Morgan fingerprint density at radius 1 is 1.03 bits per heavy atom. The SMILES string of the molecule is O=C(NCc1ccc(-c2ccc(C(F)(F)F)cn2)cc1)c1nc(Cc2cc(Cl)c(O)c(Cl)c2)no1. The van der Waals surface area contributed by atoms with Gasteiger partial charge in [0.2, 0.25) is 0 Å². The number of benzene rings is 2. The number of phenols is 1. The molecule has 0 aliphatic carbocycles. The van der Waals surface area contributed by atoms with Gasteiger partial charge in [0.15, 0.2) is 11.6 Å². The maximum absolute atomic E-state index is 12.7. The lowest BCUT2D eigenvalue weighted by Gasteiger charge is -2.08. The number of pyridine rings is 1. The van der Waals surface area contributed by atoms with E-state index >= 15 is 0 Å². The molecule has 2 N–H and O–H groups in total. The summed E-state index contributed by atoms with van der Waals surface area (Å²) in [5, 5.41) is 16.2. The van der Waals surface area contributed by atoms with Crippen LogP contribution >= 0.6 is 23.2 Å². The molecule has 4 rings (SSSR count). The Bertz CT molecular complexity index is 1330. The normalized spacial score (nSPS) is 11.5. The molecule has 180 valence electrons. The van der Waals surface area contributed by atoms with Crippen LogP contribution in [0.1, 0.15) is 33.2 Å². The highest BCUT2D eigenvalue weighted by atomic mass is 35.5. The minimum atomic E-state index is -4.44. The van der Waals surface area contributed by atoms with Crippen LogP contribution in [-0.4, -0.2) is 26.1 Å². The van der Waals surface area contributed by atoms with Gasteiger partial charge in [0.1, 0.15) is 0 Å². The average Bonchev–Trinajstić information content (AvgIpc) is 3.29. The quantitative estimate of drug-likeness (QED) is 0.337. The molecule has 7 nitrogen and oxygen atoms in total. The van der Waals surface area contributed by atoms with E-state index in [9.17, 15) is 23.1 Å². The first-order valence-electron chi connectivity index (χ1n) is 10.0. The molecule has 0 spiro atoms. The number of carbonyl (C=O) groups is 1. The Morgan fingerprint density at radius 2 is 1.71 bits per heavy atom. The number of carbonyl (C=O) groups excluding carboxylic acids is 1. The van der Waals surface area contributed by atoms with Crippen LogP contribution < -0.4 is 5.32 Å². The van der Waals surface area contributed by atoms with Crippen LogP contribution in [0.4, 0.5) is 13.2 Å². The number of nitrogens with zero attached hydrogens (tertiary/aromatic N) is 3. The monoisotopic (exact) mass is 522 g/mol. The molecule has 1 amide bonds. The zero-order chi connectivity index (χ0) is 25.2. The molecule has 0 saturated carbocycles. The van der Waals surface area contributed by atoms with E-state index in [-0.39, 0.29) is 40.5 Å². The van der Waals surface area contributed by atoms with E-state index in [0.717, 1.165) is 17.8 Å². The molecule has 35 heavy (non-hydrogen) atoms. The van der Waals surface area contributed by atoms with Gasteiger partial charge in [-0.05, 0) is 35.4 Å². The van der Waals surface area contributed by atoms with Crippen molar-refractivity contribution in [1.82, 2.24) is 20.4 Å². The van der Waals surface area contributed by atoms with Gasteiger partial charge < -0.3 is 14.9 Å². The van der Waals surface area contributed by atoms with Crippen molar-refractivity contribution in [2.45, 2.75) is 19.1 Å².